The molecule has 2 aromatic carbocycles. The molecule has 0 N–H and O–H groups in total. The number of benzene rings is 2. The topological polar surface area (TPSA) is 0 Å². The van der Waals surface area contributed by atoms with E-state index in [0.29, 0.717) is 0 Å². The summed E-state index contributed by atoms with van der Waals surface area (Å²) >= 11 is 0. The van der Waals surface area contributed by atoms with E-state index in [1.54, 1.807) is 0 Å². The van der Waals surface area contributed by atoms with Crippen LogP contribution >= 0.6 is 0 Å². The molecule has 0 heteroatoms. The Morgan fingerprint density at radius 1 is 1.00 bits per heavy atom. The Hall–Kier alpha value is -1.56. The molecule has 0 saturated carbocycles. The molecular formula is C14H11. The van der Waals surface area contributed by atoms with Gasteiger partial charge in [-0.2, -0.15) is 0 Å². The SMILES string of the molecule is Cc1ccc2cccc(C3=C[CH]3)c2c1. The van der Waals surface area contributed by atoms with Crippen LogP contribution in [0.25, 0.3) is 16.3 Å². The summed E-state index contributed by atoms with van der Waals surface area (Å²) in [5.74, 6) is 0. The molecule has 0 unspecified atom stereocenters. The van der Waals surface area contributed by atoms with E-state index in [2.05, 4.69) is 55.8 Å². The van der Waals surface area contributed by atoms with Crippen LogP contribution < -0.4 is 0 Å². The van der Waals surface area contributed by atoms with Crippen LogP contribution in [-0.2, 0) is 0 Å². The molecule has 2 aromatic rings. The molecular weight excluding hydrogens is 168 g/mol. The van der Waals surface area contributed by atoms with Gasteiger partial charge in [-0.05, 0) is 28.8 Å². The van der Waals surface area contributed by atoms with E-state index in [9.17, 15) is 0 Å². The minimum Gasteiger partial charge on any atom is -0.0716 e. The lowest BCUT2D eigenvalue weighted by atomic mass is 10.0. The highest BCUT2D eigenvalue weighted by Crippen LogP contribution is 2.34. The monoisotopic (exact) mass is 179 g/mol. The van der Waals surface area contributed by atoms with Crippen molar-refractivity contribution in [3.63, 3.8) is 0 Å². The van der Waals surface area contributed by atoms with Gasteiger partial charge in [-0.25, -0.2) is 0 Å². The number of aryl methyl sites for hydroxylation is 1. The van der Waals surface area contributed by atoms with Gasteiger partial charge in [0.05, 0.1) is 0 Å². The van der Waals surface area contributed by atoms with Crippen LogP contribution in [0.4, 0.5) is 0 Å². The highest BCUT2D eigenvalue weighted by atomic mass is 14.2. The van der Waals surface area contributed by atoms with Crippen LogP contribution in [-0.4, -0.2) is 0 Å². The zero-order valence-corrected chi connectivity index (χ0v) is 8.12. The Morgan fingerprint density at radius 3 is 2.64 bits per heavy atom. The van der Waals surface area contributed by atoms with Crippen molar-refractivity contribution in [1.29, 1.82) is 0 Å². The average molecular weight is 179 g/mol. The fourth-order valence-corrected chi connectivity index (χ4v) is 1.86. The van der Waals surface area contributed by atoms with Crippen LogP contribution in [0.1, 0.15) is 11.1 Å². The van der Waals surface area contributed by atoms with Crippen LogP contribution in [0.2, 0.25) is 0 Å². The zero-order valence-electron chi connectivity index (χ0n) is 8.12. The minimum atomic E-state index is 1.33. The maximum absolute atomic E-state index is 2.26. The molecule has 0 heterocycles. The number of hydrogen-bond acceptors (Lipinski definition) is 0. The van der Waals surface area contributed by atoms with Crippen molar-refractivity contribution >= 4 is 16.3 Å². The van der Waals surface area contributed by atoms with Crippen LogP contribution in [0.5, 0.6) is 0 Å². The van der Waals surface area contributed by atoms with E-state index in [1.165, 1.54) is 27.5 Å². The first kappa shape index (κ1) is 7.81. The Labute approximate surface area is 83.9 Å². The van der Waals surface area contributed by atoms with E-state index in [-0.39, 0.29) is 0 Å². The molecule has 0 saturated heterocycles. The molecule has 0 nitrogen and oxygen atoms in total. The predicted molar refractivity (Wildman–Crippen MR) is 61.0 cm³/mol. The molecule has 1 radical (unpaired) electrons. The molecule has 0 atom stereocenters. The summed E-state index contributed by atoms with van der Waals surface area (Å²) in [5.41, 5.74) is 4.07. The average Bonchev–Trinajstić information content (AvgIpc) is 3.00. The third kappa shape index (κ3) is 1.15. The lowest BCUT2D eigenvalue weighted by molar-refractivity contribution is 1.50. The maximum Gasteiger partial charge on any atom is 0.0131 e. The van der Waals surface area contributed by atoms with E-state index in [4.69, 9.17) is 0 Å². The number of allylic oxidation sites excluding steroid dienone is 2. The lowest BCUT2D eigenvalue weighted by Gasteiger charge is -2.04. The molecule has 1 aliphatic carbocycles. The van der Waals surface area contributed by atoms with Crippen molar-refractivity contribution in [3.8, 4) is 0 Å². The molecule has 3 rings (SSSR count). The quantitative estimate of drug-likeness (QED) is 0.625. The molecule has 0 fully saturated rings. The molecule has 0 amide bonds. The summed E-state index contributed by atoms with van der Waals surface area (Å²) in [6.07, 6.45) is 4.33. The normalized spacial score (nSPS) is 14.2. The van der Waals surface area contributed by atoms with Gasteiger partial charge < -0.3 is 0 Å². The number of rotatable bonds is 1. The smallest absolute Gasteiger partial charge is 0.0131 e. The highest BCUT2D eigenvalue weighted by Gasteiger charge is 2.12. The second-order valence-corrected chi connectivity index (χ2v) is 3.82. The summed E-state index contributed by atoms with van der Waals surface area (Å²) in [4.78, 5) is 0. The second-order valence-electron chi connectivity index (χ2n) is 3.82. The first-order valence-electron chi connectivity index (χ1n) is 4.89. The molecule has 1 aliphatic rings. The highest BCUT2D eigenvalue weighted by molar-refractivity contribution is 6.01. The molecule has 0 bridgehead atoms. The summed E-state index contributed by atoms with van der Waals surface area (Å²) in [7, 11) is 0. The number of hydrogen-bond donors (Lipinski definition) is 0. The van der Waals surface area contributed by atoms with Crippen LogP contribution in [0.3, 0.4) is 0 Å². The van der Waals surface area contributed by atoms with Crippen molar-refractivity contribution in [2.24, 2.45) is 0 Å². The summed E-state index contributed by atoms with van der Waals surface area (Å²) < 4.78 is 0. The first-order valence-corrected chi connectivity index (χ1v) is 4.89. The van der Waals surface area contributed by atoms with E-state index in [1.807, 2.05) is 0 Å². The van der Waals surface area contributed by atoms with Gasteiger partial charge in [0.2, 0.25) is 0 Å². The first-order chi connectivity index (χ1) is 6.84. The van der Waals surface area contributed by atoms with Crippen LogP contribution in [0.15, 0.2) is 42.5 Å². The van der Waals surface area contributed by atoms with Crippen molar-refractivity contribution in [2.45, 2.75) is 6.92 Å². The molecule has 0 aliphatic heterocycles. The standard InChI is InChI=1S/C14H11/c1-10-5-6-11-3-2-4-13(12-7-8-12)14(11)9-10/h2-9H,1H3. The fraction of sp³-hybridized carbons (Fsp3) is 0.0714. The Kier molecular flexibility index (Phi) is 1.51. The largest absolute Gasteiger partial charge is 0.0716 e. The Bertz CT molecular complexity index is 533. The summed E-state index contributed by atoms with van der Waals surface area (Å²) in [6.45, 7) is 2.14. The second kappa shape index (κ2) is 2.71. The Balaban J connectivity index is 2.38. The third-order valence-electron chi connectivity index (χ3n) is 2.68. The van der Waals surface area contributed by atoms with Gasteiger partial charge in [-0.1, -0.05) is 48.0 Å². The summed E-state index contributed by atoms with van der Waals surface area (Å²) in [6, 6.07) is 13.1. The fourth-order valence-electron chi connectivity index (χ4n) is 1.86. The van der Waals surface area contributed by atoms with Gasteiger partial charge in [-0.3, -0.25) is 0 Å². The molecule has 14 heavy (non-hydrogen) atoms. The lowest BCUT2D eigenvalue weighted by Crippen LogP contribution is -1.80. The van der Waals surface area contributed by atoms with Crippen molar-refractivity contribution in [2.75, 3.05) is 0 Å². The molecule has 0 aromatic heterocycles. The third-order valence-corrected chi connectivity index (χ3v) is 2.68. The van der Waals surface area contributed by atoms with Gasteiger partial charge in [0.15, 0.2) is 0 Å². The van der Waals surface area contributed by atoms with E-state index >= 15 is 0 Å². The van der Waals surface area contributed by atoms with Gasteiger partial charge in [0.25, 0.3) is 0 Å². The van der Waals surface area contributed by atoms with Crippen molar-refractivity contribution < 1.29 is 0 Å². The molecule has 67 valence electrons. The van der Waals surface area contributed by atoms with Gasteiger partial charge in [-0.15, -0.1) is 0 Å². The van der Waals surface area contributed by atoms with Crippen molar-refractivity contribution in [3.05, 3.63) is 60.0 Å². The maximum atomic E-state index is 2.26. The van der Waals surface area contributed by atoms with E-state index < -0.39 is 0 Å². The van der Waals surface area contributed by atoms with Crippen LogP contribution in [0, 0.1) is 13.3 Å². The zero-order chi connectivity index (χ0) is 9.54. The number of fused-ring (bicyclic) bond motifs is 1. The predicted octanol–water partition coefficient (Wildman–Crippen LogP) is 3.75. The van der Waals surface area contributed by atoms with Gasteiger partial charge in [0, 0.05) is 6.42 Å². The van der Waals surface area contributed by atoms with Gasteiger partial charge >= 0.3 is 0 Å². The van der Waals surface area contributed by atoms with Gasteiger partial charge in [0.1, 0.15) is 0 Å². The summed E-state index contributed by atoms with van der Waals surface area (Å²) in [5, 5.41) is 2.70. The van der Waals surface area contributed by atoms with Crippen molar-refractivity contribution in [1.82, 2.24) is 0 Å². The Morgan fingerprint density at radius 2 is 1.86 bits per heavy atom. The molecule has 0 spiro atoms. The van der Waals surface area contributed by atoms with E-state index in [0.717, 1.165) is 0 Å². The minimum absolute atomic E-state index is 1.33.